The van der Waals surface area contributed by atoms with Crippen molar-refractivity contribution in [2.24, 2.45) is 4.99 Å². The number of para-hydroxylation sites is 2. The topological polar surface area (TPSA) is 22.2 Å². The quantitative estimate of drug-likeness (QED) is 0.170. The lowest BCUT2D eigenvalue weighted by Gasteiger charge is -2.35. The summed E-state index contributed by atoms with van der Waals surface area (Å²) in [6, 6.07) is 60.6. The van der Waals surface area contributed by atoms with Crippen molar-refractivity contribution in [2.75, 3.05) is 0 Å². The van der Waals surface area contributed by atoms with Crippen LogP contribution in [0.4, 0.5) is 5.82 Å². The second-order valence-corrected chi connectivity index (χ2v) is 15.0. The van der Waals surface area contributed by atoms with Crippen LogP contribution in [0.15, 0.2) is 193 Å². The maximum absolute atomic E-state index is 4.61. The Kier molecular flexibility index (Phi) is 6.38. The van der Waals surface area contributed by atoms with Crippen LogP contribution in [0.2, 0.25) is 0 Å². The highest BCUT2D eigenvalue weighted by molar-refractivity contribution is 6.13. The van der Waals surface area contributed by atoms with Gasteiger partial charge in [0.25, 0.3) is 0 Å². The normalized spacial score (nSPS) is 16.6. The molecular weight excluding hydrogens is 667 g/mol. The minimum absolute atomic E-state index is 0.388. The number of aliphatic imine (C=N–C) groups is 1. The van der Waals surface area contributed by atoms with Gasteiger partial charge in [-0.1, -0.05) is 133 Å². The first-order valence-corrected chi connectivity index (χ1v) is 19.3. The Morgan fingerprint density at radius 3 is 1.85 bits per heavy atom. The zero-order chi connectivity index (χ0) is 36.1. The Balaban J connectivity index is 1.00. The van der Waals surface area contributed by atoms with E-state index in [0.29, 0.717) is 0 Å². The lowest BCUT2D eigenvalue weighted by Crippen LogP contribution is -2.29. The van der Waals surface area contributed by atoms with Crippen LogP contribution in [0.3, 0.4) is 0 Å². The summed E-state index contributed by atoms with van der Waals surface area (Å²) in [4.78, 5) is 4.61. The van der Waals surface area contributed by atoms with Crippen LogP contribution in [0.5, 0.6) is 0 Å². The highest BCUT2D eigenvalue weighted by atomic mass is 15.1. The molecule has 3 heteroatoms. The first-order chi connectivity index (χ1) is 27.3. The van der Waals surface area contributed by atoms with Gasteiger partial charge in [-0.3, -0.25) is 4.57 Å². The van der Waals surface area contributed by atoms with E-state index in [1.54, 1.807) is 0 Å². The molecule has 55 heavy (non-hydrogen) atoms. The molecule has 3 heterocycles. The van der Waals surface area contributed by atoms with Gasteiger partial charge in [0.1, 0.15) is 5.82 Å². The van der Waals surface area contributed by atoms with E-state index >= 15 is 0 Å². The summed E-state index contributed by atoms with van der Waals surface area (Å²) >= 11 is 0. The lowest BCUT2D eigenvalue weighted by molar-refractivity contribution is 0.752. The van der Waals surface area contributed by atoms with Gasteiger partial charge in [-0.2, -0.15) is 0 Å². The molecule has 0 N–H and O–H groups in total. The minimum atomic E-state index is -0.388. The van der Waals surface area contributed by atoms with Crippen molar-refractivity contribution in [2.45, 2.75) is 18.3 Å². The molecule has 12 rings (SSSR count). The summed E-state index contributed by atoms with van der Waals surface area (Å²) in [6.45, 7) is 0. The molecule has 1 atom stereocenters. The third kappa shape index (κ3) is 4.18. The van der Waals surface area contributed by atoms with E-state index in [9.17, 15) is 0 Å². The van der Waals surface area contributed by atoms with Crippen LogP contribution in [-0.4, -0.2) is 15.3 Å². The fourth-order valence-corrected chi connectivity index (χ4v) is 9.82. The molecule has 0 saturated carbocycles. The predicted octanol–water partition coefficient (Wildman–Crippen LogP) is 13.0. The molecule has 1 aliphatic heterocycles. The Hall–Kier alpha value is -6.97. The number of fused-ring (bicyclic) bond motifs is 9. The van der Waals surface area contributed by atoms with E-state index in [-0.39, 0.29) is 5.41 Å². The summed E-state index contributed by atoms with van der Waals surface area (Å²) in [6.07, 6.45) is 11.3. The molecule has 0 fully saturated rings. The molecule has 1 unspecified atom stereocenters. The number of benzene rings is 7. The molecule has 0 saturated heterocycles. The third-order valence-electron chi connectivity index (χ3n) is 12.3. The van der Waals surface area contributed by atoms with Crippen molar-refractivity contribution in [1.29, 1.82) is 0 Å². The number of nitrogens with zero attached hydrogens (tertiary/aromatic N) is 3. The summed E-state index contributed by atoms with van der Waals surface area (Å²) in [5.41, 5.74) is 17.2. The number of hydrogen-bond donors (Lipinski definition) is 0. The van der Waals surface area contributed by atoms with E-state index in [2.05, 4.69) is 196 Å². The molecule has 2 aliphatic carbocycles. The van der Waals surface area contributed by atoms with Crippen LogP contribution in [0, 0.1) is 0 Å². The fraction of sp³-hybridized carbons (Fsp3) is 0.0577. The molecule has 0 radical (unpaired) electrons. The summed E-state index contributed by atoms with van der Waals surface area (Å²) in [5, 5.41) is 3.80. The van der Waals surface area contributed by atoms with Gasteiger partial charge in [-0.05, 0) is 106 Å². The highest BCUT2D eigenvalue weighted by Crippen LogP contribution is 2.58. The van der Waals surface area contributed by atoms with E-state index in [1.165, 1.54) is 82.8 Å². The van der Waals surface area contributed by atoms with Gasteiger partial charge in [-0.25, -0.2) is 4.99 Å². The number of aromatic nitrogens is 2. The molecule has 2 aromatic heterocycles. The molecule has 9 aromatic rings. The first-order valence-electron chi connectivity index (χ1n) is 19.3. The second kappa shape index (κ2) is 11.5. The maximum Gasteiger partial charge on any atom is 0.147 e. The Labute approximate surface area is 319 Å². The van der Waals surface area contributed by atoms with Crippen LogP contribution in [-0.2, 0) is 5.41 Å². The minimum Gasteiger partial charge on any atom is -0.309 e. The number of hydrogen-bond acceptors (Lipinski definition) is 1. The molecule has 0 spiro atoms. The van der Waals surface area contributed by atoms with Crippen molar-refractivity contribution < 1.29 is 0 Å². The second-order valence-electron chi connectivity index (χ2n) is 15.0. The summed E-state index contributed by atoms with van der Waals surface area (Å²) in [7, 11) is 0. The van der Waals surface area contributed by atoms with Crippen LogP contribution < -0.4 is 0 Å². The van der Waals surface area contributed by atoms with Gasteiger partial charge in [0.05, 0.1) is 22.0 Å². The van der Waals surface area contributed by atoms with E-state index in [4.69, 9.17) is 0 Å². The first kappa shape index (κ1) is 30.5. The SMILES string of the molecule is C1=CC(C2(c3ccccc3)c3ccccc3-c3cc4c(cc32)c2ccccc2n4-c2ccc(-c3ccc(-n4c5c(c6ccccc64)C=N5)cc3)cc2)=CCC1. The Morgan fingerprint density at radius 2 is 1.15 bits per heavy atom. The van der Waals surface area contributed by atoms with Crippen molar-refractivity contribution in [1.82, 2.24) is 9.13 Å². The van der Waals surface area contributed by atoms with Gasteiger partial charge in [0, 0.05) is 39.3 Å². The van der Waals surface area contributed by atoms with Gasteiger partial charge in [-0.15, -0.1) is 0 Å². The number of allylic oxidation sites excluding steroid dienone is 4. The molecule has 0 bridgehead atoms. The standard InChI is InChI=1S/C52H35N3/c1-3-13-36(14-4-1)52(37-15-5-2-6-16-37)46-20-10-7-17-40(46)43-32-50-44(31-47(43)52)41-18-8-11-21-48(41)54(50)38-27-23-34(24-28-38)35-25-29-39(30-26-35)55-49-22-12-9-19-42(49)45-33-53-51(45)55/h1,3-5,7-33H,2,6H2. The van der Waals surface area contributed by atoms with Gasteiger partial charge in [0.15, 0.2) is 0 Å². The smallest absolute Gasteiger partial charge is 0.147 e. The summed E-state index contributed by atoms with van der Waals surface area (Å²) < 4.78 is 4.72. The average molecular weight is 702 g/mol. The van der Waals surface area contributed by atoms with Crippen molar-refractivity contribution in [3.8, 4) is 33.6 Å². The average Bonchev–Trinajstić information content (AvgIpc) is 3.81. The molecular formula is C52H35N3. The predicted molar refractivity (Wildman–Crippen MR) is 229 cm³/mol. The zero-order valence-electron chi connectivity index (χ0n) is 30.2. The van der Waals surface area contributed by atoms with Crippen LogP contribution in [0.25, 0.3) is 66.3 Å². The highest BCUT2D eigenvalue weighted by Gasteiger charge is 2.47. The van der Waals surface area contributed by atoms with Crippen molar-refractivity contribution in [3.63, 3.8) is 0 Å². The van der Waals surface area contributed by atoms with Gasteiger partial charge >= 0.3 is 0 Å². The van der Waals surface area contributed by atoms with Gasteiger partial charge < -0.3 is 4.57 Å². The number of rotatable bonds is 5. The largest absolute Gasteiger partial charge is 0.309 e. The molecule has 3 aliphatic rings. The molecule has 7 aromatic carbocycles. The fourth-order valence-electron chi connectivity index (χ4n) is 9.82. The van der Waals surface area contributed by atoms with Crippen LogP contribution >= 0.6 is 0 Å². The zero-order valence-corrected chi connectivity index (χ0v) is 30.2. The monoisotopic (exact) mass is 701 g/mol. The van der Waals surface area contributed by atoms with Crippen molar-refractivity contribution in [3.05, 3.63) is 210 Å². The summed E-state index contributed by atoms with van der Waals surface area (Å²) in [5.74, 6) is 1.03. The molecule has 3 nitrogen and oxygen atoms in total. The maximum atomic E-state index is 4.61. The molecule has 258 valence electrons. The lowest BCUT2D eigenvalue weighted by atomic mass is 9.66. The Morgan fingerprint density at radius 1 is 0.491 bits per heavy atom. The van der Waals surface area contributed by atoms with Gasteiger partial charge in [0.2, 0.25) is 0 Å². The van der Waals surface area contributed by atoms with E-state index < -0.39 is 0 Å². The van der Waals surface area contributed by atoms with Crippen molar-refractivity contribution >= 4 is 44.7 Å². The van der Waals surface area contributed by atoms with E-state index in [0.717, 1.165) is 30.0 Å². The van der Waals surface area contributed by atoms with E-state index in [1.807, 2.05) is 6.21 Å². The Bertz CT molecular complexity index is 3120. The van der Waals surface area contributed by atoms with Crippen LogP contribution in [0.1, 0.15) is 35.1 Å². The third-order valence-corrected chi connectivity index (χ3v) is 12.3. The molecule has 0 amide bonds.